The molecular formula is C10H22N2O2S. The Morgan fingerprint density at radius 2 is 2.13 bits per heavy atom. The van der Waals surface area contributed by atoms with Gasteiger partial charge in [-0.05, 0) is 25.6 Å². The number of hydrogen-bond acceptors (Lipinski definition) is 3. The van der Waals surface area contributed by atoms with E-state index in [9.17, 15) is 0 Å². The van der Waals surface area contributed by atoms with Crippen molar-refractivity contribution >= 4 is 17.3 Å². The Bertz CT molecular complexity index is 168. The van der Waals surface area contributed by atoms with Crippen molar-refractivity contribution in [1.82, 2.24) is 10.2 Å². The van der Waals surface area contributed by atoms with Crippen LogP contribution in [0.25, 0.3) is 0 Å². The molecule has 4 nitrogen and oxygen atoms in total. The molecule has 0 aliphatic heterocycles. The van der Waals surface area contributed by atoms with E-state index in [-0.39, 0.29) is 0 Å². The van der Waals surface area contributed by atoms with Gasteiger partial charge in [0.2, 0.25) is 0 Å². The van der Waals surface area contributed by atoms with Gasteiger partial charge in [0.1, 0.15) is 0 Å². The first-order valence-electron chi connectivity index (χ1n) is 5.28. The monoisotopic (exact) mass is 234 g/mol. The van der Waals surface area contributed by atoms with Crippen LogP contribution in [0.15, 0.2) is 0 Å². The van der Waals surface area contributed by atoms with Gasteiger partial charge in [-0.1, -0.05) is 0 Å². The largest absolute Gasteiger partial charge is 0.383 e. The molecule has 0 rings (SSSR count). The third-order valence-corrected chi connectivity index (χ3v) is 2.38. The summed E-state index contributed by atoms with van der Waals surface area (Å²) in [6, 6.07) is 0. The van der Waals surface area contributed by atoms with Gasteiger partial charge in [0.25, 0.3) is 0 Å². The SMILES string of the molecule is CCOCCCNC(=S)N(C)CCOC. The number of hydrogen-bond donors (Lipinski definition) is 1. The maximum Gasteiger partial charge on any atom is 0.168 e. The van der Waals surface area contributed by atoms with Crippen molar-refractivity contribution in [3.63, 3.8) is 0 Å². The second kappa shape index (κ2) is 10.1. The van der Waals surface area contributed by atoms with Crippen molar-refractivity contribution < 1.29 is 9.47 Å². The van der Waals surface area contributed by atoms with Crippen LogP contribution >= 0.6 is 12.2 Å². The smallest absolute Gasteiger partial charge is 0.168 e. The van der Waals surface area contributed by atoms with Crippen molar-refractivity contribution in [2.24, 2.45) is 0 Å². The molecule has 0 radical (unpaired) electrons. The van der Waals surface area contributed by atoms with Gasteiger partial charge >= 0.3 is 0 Å². The molecule has 0 aromatic heterocycles. The number of ether oxygens (including phenoxy) is 2. The summed E-state index contributed by atoms with van der Waals surface area (Å²) in [4.78, 5) is 1.97. The highest BCUT2D eigenvalue weighted by Gasteiger charge is 2.01. The Balaban J connectivity index is 3.38. The molecule has 0 aliphatic carbocycles. The fraction of sp³-hybridized carbons (Fsp3) is 0.900. The topological polar surface area (TPSA) is 33.7 Å². The predicted octanol–water partition coefficient (Wildman–Crippen LogP) is 0.866. The Kier molecular flexibility index (Phi) is 9.88. The van der Waals surface area contributed by atoms with Gasteiger partial charge in [-0.25, -0.2) is 0 Å². The number of nitrogens with one attached hydrogen (secondary N) is 1. The standard InChI is InChI=1S/C10H22N2O2S/c1-4-14-8-5-6-11-10(15)12(2)7-9-13-3/h4-9H2,1-3H3,(H,11,15). The summed E-state index contributed by atoms with van der Waals surface area (Å²) < 4.78 is 10.2. The van der Waals surface area contributed by atoms with E-state index in [4.69, 9.17) is 21.7 Å². The fourth-order valence-corrected chi connectivity index (χ4v) is 1.17. The molecule has 1 N–H and O–H groups in total. The van der Waals surface area contributed by atoms with Crippen LogP contribution < -0.4 is 5.32 Å². The molecule has 0 saturated heterocycles. The number of likely N-dealkylation sites (N-methyl/N-ethyl adjacent to an activating group) is 1. The summed E-state index contributed by atoms with van der Waals surface area (Å²) in [5.41, 5.74) is 0. The van der Waals surface area contributed by atoms with Crippen molar-refractivity contribution in [3.05, 3.63) is 0 Å². The van der Waals surface area contributed by atoms with Crippen molar-refractivity contribution in [3.8, 4) is 0 Å². The molecule has 15 heavy (non-hydrogen) atoms. The molecule has 0 atom stereocenters. The van der Waals surface area contributed by atoms with Gasteiger partial charge in [0.05, 0.1) is 6.61 Å². The minimum atomic E-state index is 0.692. The maximum absolute atomic E-state index is 5.22. The summed E-state index contributed by atoms with van der Waals surface area (Å²) in [7, 11) is 3.64. The fourth-order valence-electron chi connectivity index (χ4n) is 0.979. The van der Waals surface area contributed by atoms with Crippen LogP contribution in [0.3, 0.4) is 0 Å². The second-order valence-corrected chi connectivity index (χ2v) is 3.58. The van der Waals surface area contributed by atoms with Crippen LogP contribution in [0.2, 0.25) is 0 Å². The third-order valence-electron chi connectivity index (χ3n) is 1.92. The first-order valence-corrected chi connectivity index (χ1v) is 5.68. The number of nitrogens with zero attached hydrogens (tertiary/aromatic N) is 1. The maximum atomic E-state index is 5.22. The zero-order valence-corrected chi connectivity index (χ0v) is 10.7. The molecule has 0 saturated carbocycles. The van der Waals surface area contributed by atoms with E-state index >= 15 is 0 Å². The first kappa shape index (κ1) is 14.6. The van der Waals surface area contributed by atoms with Crippen LogP contribution in [0.5, 0.6) is 0 Å². The van der Waals surface area contributed by atoms with E-state index in [2.05, 4.69) is 5.32 Å². The molecule has 0 aromatic carbocycles. The Morgan fingerprint density at radius 1 is 1.40 bits per heavy atom. The number of thiocarbonyl (C=S) groups is 1. The van der Waals surface area contributed by atoms with E-state index < -0.39 is 0 Å². The quantitative estimate of drug-likeness (QED) is 0.498. The molecule has 90 valence electrons. The molecular weight excluding hydrogens is 212 g/mol. The third kappa shape index (κ3) is 8.59. The van der Waals surface area contributed by atoms with E-state index in [0.29, 0.717) is 6.61 Å². The molecule has 0 unspecified atom stereocenters. The van der Waals surface area contributed by atoms with Crippen LogP contribution in [0.1, 0.15) is 13.3 Å². The van der Waals surface area contributed by atoms with Crippen molar-refractivity contribution in [1.29, 1.82) is 0 Å². The zero-order chi connectivity index (χ0) is 11.5. The summed E-state index contributed by atoms with van der Waals surface area (Å²) in [5.74, 6) is 0. The highest BCUT2D eigenvalue weighted by molar-refractivity contribution is 7.80. The average Bonchev–Trinajstić information content (AvgIpc) is 2.25. The summed E-state index contributed by atoms with van der Waals surface area (Å²) in [6.07, 6.45) is 0.978. The normalized spacial score (nSPS) is 10.1. The lowest BCUT2D eigenvalue weighted by Gasteiger charge is -2.20. The minimum absolute atomic E-state index is 0.692. The van der Waals surface area contributed by atoms with Gasteiger partial charge in [0.15, 0.2) is 5.11 Å². The van der Waals surface area contributed by atoms with Gasteiger partial charge in [-0.2, -0.15) is 0 Å². The first-order chi connectivity index (χ1) is 7.22. The highest BCUT2D eigenvalue weighted by atomic mass is 32.1. The van der Waals surface area contributed by atoms with E-state index in [1.165, 1.54) is 0 Å². The average molecular weight is 234 g/mol. The minimum Gasteiger partial charge on any atom is -0.383 e. The summed E-state index contributed by atoms with van der Waals surface area (Å²) in [6.45, 7) is 5.92. The van der Waals surface area contributed by atoms with Crippen LogP contribution in [0, 0.1) is 0 Å². The Morgan fingerprint density at radius 3 is 2.73 bits per heavy atom. The lowest BCUT2D eigenvalue weighted by Crippen LogP contribution is -2.39. The van der Waals surface area contributed by atoms with Crippen LogP contribution in [-0.2, 0) is 9.47 Å². The Labute approximate surface area is 97.9 Å². The summed E-state index contributed by atoms with van der Waals surface area (Å²) >= 11 is 5.19. The van der Waals surface area contributed by atoms with Crippen LogP contribution in [0.4, 0.5) is 0 Å². The zero-order valence-electron chi connectivity index (χ0n) is 9.91. The molecule has 0 heterocycles. The molecule has 0 spiro atoms. The van der Waals surface area contributed by atoms with Gasteiger partial charge in [0, 0.05) is 40.5 Å². The van der Waals surface area contributed by atoms with E-state index in [0.717, 1.165) is 37.8 Å². The lowest BCUT2D eigenvalue weighted by atomic mass is 10.4. The second-order valence-electron chi connectivity index (χ2n) is 3.20. The van der Waals surface area contributed by atoms with Crippen molar-refractivity contribution in [2.75, 3.05) is 47.1 Å². The van der Waals surface area contributed by atoms with Gasteiger partial charge in [-0.3, -0.25) is 0 Å². The van der Waals surface area contributed by atoms with Crippen LogP contribution in [-0.4, -0.2) is 57.1 Å². The molecule has 0 bridgehead atoms. The van der Waals surface area contributed by atoms with Gasteiger partial charge < -0.3 is 19.7 Å². The highest BCUT2D eigenvalue weighted by Crippen LogP contribution is 1.87. The molecule has 0 aliphatic rings. The van der Waals surface area contributed by atoms with Crippen molar-refractivity contribution in [2.45, 2.75) is 13.3 Å². The number of rotatable bonds is 8. The van der Waals surface area contributed by atoms with Gasteiger partial charge in [-0.15, -0.1) is 0 Å². The predicted molar refractivity (Wildman–Crippen MR) is 66.2 cm³/mol. The Hall–Kier alpha value is -0.390. The molecule has 0 amide bonds. The lowest BCUT2D eigenvalue weighted by molar-refractivity contribution is 0.145. The molecule has 0 aromatic rings. The number of methoxy groups -OCH3 is 1. The molecule has 5 heteroatoms. The van der Waals surface area contributed by atoms with E-state index in [1.807, 2.05) is 18.9 Å². The van der Waals surface area contributed by atoms with E-state index in [1.54, 1.807) is 7.11 Å². The molecule has 0 fully saturated rings. The summed E-state index contributed by atoms with van der Waals surface area (Å²) in [5, 5.41) is 3.94.